The van der Waals surface area contributed by atoms with Crippen LogP contribution in [0.25, 0.3) is 11.1 Å². The number of phenolic OH excluding ortho intramolecular Hbond substituents is 5. The van der Waals surface area contributed by atoms with Crippen molar-refractivity contribution in [2.75, 3.05) is 6.61 Å². The highest BCUT2D eigenvalue weighted by Crippen LogP contribution is 2.50. The molecule has 0 spiro atoms. The van der Waals surface area contributed by atoms with Gasteiger partial charge in [0.05, 0.1) is 22.2 Å². The standard InChI is InChI=1S/C75H76Cl2N8O22/c1-2-3-4-5-6-7-8-9-56(92)80-63-53(27-38(31-86)66(94)67(63)95)107-68-54-25-37-26-55(68)106-51-17-13-35(23-45(51)77)65(93)64-74(101)84-62(75(102)103)43-29-40(88)30-49(91)57(43)42-22-34(12-14-47(42)89)59(71(98)85-64)82-73(100)61(37)83-72(99)60-36-20-39(87)28-41(21-36)104-52-24-33(11-15-48(52)90)58(78)70(97)79-46(69(96)81-60)19-32-10-16-50(105-54)44(76)18-32/h10-18,20-26,28-30,38,46,53,58-67,86-91,93-95H,2-9,19,27,31,78H2,1H3,(H,79,97)(H,80,92)(H,81,96)(H,82,100)(H,83,99)(H,84,101)(H,85,98)(H,102,103)/t38-,46-,53-,58+,59-,60+,61-,62+,63+,64+,65-,66-,67-/m1/s1. The lowest BCUT2D eigenvalue weighted by molar-refractivity contribution is -0.143. The van der Waals surface area contributed by atoms with E-state index in [2.05, 4.69) is 44.1 Å². The van der Waals surface area contributed by atoms with Gasteiger partial charge in [0.15, 0.2) is 29.0 Å². The number of carbonyl (C=O) groups is 8. The zero-order valence-electron chi connectivity index (χ0n) is 57.0. The van der Waals surface area contributed by atoms with Crippen LogP contribution < -0.4 is 61.9 Å². The summed E-state index contributed by atoms with van der Waals surface area (Å²) in [5, 5.41) is 132. The first-order valence-electron chi connectivity index (χ1n) is 34.4. The molecule has 0 aromatic heterocycles. The highest BCUT2D eigenvalue weighted by molar-refractivity contribution is 6.32. The van der Waals surface area contributed by atoms with Gasteiger partial charge in [-0.05, 0) is 125 Å². The number of benzene rings is 7. The number of ether oxygens (including phenoxy) is 4. The number of halogens is 2. The third kappa shape index (κ3) is 16.3. The van der Waals surface area contributed by atoms with Crippen LogP contribution in [-0.4, -0.2) is 141 Å². The number of aliphatic hydroxyl groups excluding tert-OH is 4. The Labute approximate surface area is 619 Å². The number of phenols is 5. The number of aromatic hydroxyl groups is 5. The van der Waals surface area contributed by atoms with Crippen LogP contribution in [0.15, 0.2) is 115 Å². The normalized spacial score (nSPS) is 24.2. The second kappa shape index (κ2) is 31.9. The lowest BCUT2D eigenvalue weighted by Gasteiger charge is -2.42. The maximum atomic E-state index is 16.3. The van der Waals surface area contributed by atoms with Gasteiger partial charge in [0.25, 0.3) is 0 Å². The predicted octanol–water partition coefficient (Wildman–Crippen LogP) is 6.39. The summed E-state index contributed by atoms with van der Waals surface area (Å²) >= 11 is 14.3. The lowest BCUT2D eigenvalue weighted by Crippen LogP contribution is -2.62. The van der Waals surface area contributed by atoms with Gasteiger partial charge in [-0.1, -0.05) is 92.9 Å². The Morgan fingerprint density at radius 3 is 1.83 bits per heavy atom. The molecule has 13 atom stereocenters. The van der Waals surface area contributed by atoms with Crippen LogP contribution in [0, 0.1) is 5.92 Å². The van der Waals surface area contributed by atoms with E-state index in [-0.39, 0.29) is 73.7 Å². The van der Waals surface area contributed by atoms with Crippen molar-refractivity contribution in [3.05, 3.63) is 164 Å². The van der Waals surface area contributed by atoms with Crippen LogP contribution in [0.2, 0.25) is 10.0 Å². The molecule has 107 heavy (non-hydrogen) atoms. The van der Waals surface area contributed by atoms with Crippen molar-refractivity contribution in [1.82, 2.24) is 37.2 Å². The van der Waals surface area contributed by atoms with Gasteiger partial charge in [-0.15, -0.1) is 0 Å². The maximum Gasteiger partial charge on any atom is 0.330 e. The number of carboxylic acids is 1. The third-order valence-corrected chi connectivity index (χ3v) is 20.0. The molecule has 7 amide bonds. The first kappa shape index (κ1) is 75.6. The number of rotatable bonds is 13. The molecule has 19 N–H and O–H groups in total. The summed E-state index contributed by atoms with van der Waals surface area (Å²) in [6.45, 7) is 1.38. The minimum Gasteiger partial charge on any atom is -0.508 e. The molecule has 6 heterocycles. The molecule has 0 radical (unpaired) electrons. The van der Waals surface area contributed by atoms with Crippen molar-refractivity contribution >= 4 is 70.5 Å². The van der Waals surface area contributed by atoms with Crippen molar-refractivity contribution in [2.24, 2.45) is 11.7 Å². The van der Waals surface area contributed by atoms with Gasteiger partial charge < -0.3 is 113 Å². The number of nitrogens with two attached hydrogens (primary N) is 1. The van der Waals surface area contributed by atoms with Gasteiger partial charge in [0, 0.05) is 54.2 Å². The molecule has 30 nitrogen and oxygen atoms in total. The van der Waals surface area contributed by atoms with E-state index in [4.69, 9.17) is 47.9 Å². The second-order valence-electron chi connectivity index (χ2n) is 26.9. The molecular weight excluding hydrogens is 1440 g/mol. The molecule has 17 bridgehead atoms. The predicted molar refractivity (Wildman–Crippen MR) is 379 cm³/mol. The molecule has 7 aromatic rings. The number of hydrogen-bond acceptors (Lipinski definition) is 22. The fourth-order valence-corrected chi connectivity index (χ4v) is 14.2. The van der Waals surface area contributed by atoms with E-state index in [1.165, 1.54) is 54.6 Å². The van der Waals surface area contributed by atoms with E-state index in [9.17, 15) is 70.2 Å². The molecular formula is C75H76Cl2N8O22. The summed E-state index contributed by atoms with van der Waals surface area (Å²) in [7, 11) is 0. The fraction of sp³-hybridized carbons (Fsp3) is 0.333. The largest absolute Gasteiger partial charge is 0.508 e. The summed E-state index contributed by atoms with van der Waals surface area (Å²) < 4.78 is 26.5. The van der Waals surface area contributed by atoms with Gasteiger partial charge in [-0.2, -0.15) is 0 Å². The molecule has 32 heteroatoms. The van der Waals surface area contributed by atoms with Crippen LogP contribution in [-0.2, 0) is 44.8 Å². The summed E-state index contributed by atoms with van der Waals surface area (Å²) in [5.41, 5.74) is 4.10. The number of amides is 7. The first-order valence-corrected chi connectivity index (χ1v) is 35.2. The van der Waals surface area contributed by atoms with Crippen LogP contribution >= 0.6 is 23.2 Å². The average molecular weight is 1510 g/mol. The molecule has 7 aliphatic rings. The van der Waals surface area contributed by atoms with Crippen LogP contribution in [0.1, 0.15) is 140 Å². The van der Waals surface area contributed by atoms with E-state index >= 15 is 19.2 Å². The van der Waals surface area contributed by atoms with Crippen molar-refractivity contribution < 1.29 is 108 Å². The SMILES string of the molecule is CCCCCCCCCC(=O)N[C@@H]1[C@@H](O)[C@H](O)[C@@H](CO)C[C@H]1Oc1c2cc3cc1Oc1ccc(cc1Cl)[C@@H](O)[C@@H]1NC(=O)[C@H](NC(=O)[C@@H]3NC(=O)[C@H]3NC(=O)[C@@H](Cc4ccc(c(Cl)c4)O2)NC(=O)[C@@H](N)c2ccc(O)c(c2)Oc2cc(O)cc3c2)c2ccc(O)c(c2)-c2c(O)cc(O)cc2[C@@H](C(=O)O)NC1=O. The number of unbranched alkanes of at least 4 members (excludes halogenated alkanes) is 6. The Morgan fingerprint density at radius 2 is 1.16 bits per heavy atom. The van der Waals surface area contributed by atoms with Crippen molar-refractivity contribution in [3.8, 4) is 80.1 Å². The fourth-order valence-electron chi connectivity index (χ4n) is 13.8. The molecule has 7 aromatic carbocycles. The minimum absolute atomic E-state index is 0.00851. The van der Waals surface area contributed by atoms with Gasteiger partial charge in [-0.3, -0.25) is 33.6 Å². The van der Waals surface area contributed by atoms with Crippen molar-refractivity contribution in [3.63, 3.8) is 0 Å². The molecule has 1 saturated carbocycles. The summed E-state index contributed by atoms with van der Waals surface area (Å²) in [6, 6.07) is 6.02. The number of nitrogens with one attached hydrogen (secondary N) is 7. The summed E-state index contributed by atoms with van der Waals surface area (Å²) in [6.07, 6.45) is -1.76. The number of fused-ring (bicyclic) bond motifs is 14. The highest BCUT2D eigenvalue weighted by atomic mass is 35.5. The molecule has 14 rings (SSSR count). The Morgan fingerprint density at radius 1 is 0.561 bits per heavy atom. The van der Waals surface area contributed by atoms with E-state index in [0.29, 0.717) is 12.8 Å². The summed E-state index contributed by atoms with van der Waals surface area (Å²) in [5.74, 6) is -16.9. The molecule has 0 unspecified atom stereocenters. The smallest absolute Gasteiger partial charge is 0.330 e. The van der Waals surface area contributed by atoms with Crippen LogP contribution in [0.3, 0.4) is 0 Å². The van der Waals surface area contributed by atoms with Crippen molar-refractivity contribution in [2.45, 2.75) is 144 Å². The van der Waals surface area contributed by atoms with Gasteiger partial charge >= 0.3 is 5.97 Å². The Balaban J connectivity index is 1.10. The lowest BCUT2D eigenvalue weighted by atomic mass is 9.79. The van der Waals surface area contributed by atoms with Gasteiger partial charge in [-0.25, -0.2) is 4.79 Å². The Hall–Kier alpha value is -11.1. The van der Waals surface area contributed by atoms with Crippen LogP contribution in [0.5, 0.6) is 69.0 Å². The number of aliphatic hydroxyl groups is 4. The maximum absolute atomic E-state index is 16.3. The number of carboxylic acid groups (broad SMARTS) is 1. The van der Waals surface area contributed by atoms with Gasteiger partial charge in [0.2, 0.25) is 47.1 Å². The zero-order valence-corrected chi connectivity index (χ0v) is 58.5. The molecule has 562 valence electrons. The van der Waals surface area contributed by atoms with E-state index in [0.717, 1.165) is 92.8 Å². The number of carbonyl (C=O) groups excluding carboxylic acids is 7. The molecule has 1 fully saturated rings. The van der Waals surface area contributed by atoms with Gasteiger partial charge in [0.1, 0.15) is 94.8 Å². The number of aliphatic carboxylic acids is 1. The molecule has 1 aliphatic carbocycles. The quantitative estimate of drug-likeness (QED) is 0.0556. The first-order chi connectivity index (χ1) is 51.1. The van der Waals surface area contributed by atoms with E-state index in [1.54, 1.807) is 0 Å². The van der Waals surface area contributed by atoms with E-state index < -0.39 is 207 Å². The van der Waals surface area contributed by atoms with Crippen molar-refractivity contribution in [1.29, 1.82) is 0 Å². The molecule has 0 saturated heterocycles. The monoisotopic (exact) mass is 1510 g/mol. The highest BCUT2D eigenvalue weighted by Gasteiger charge is 2.47. The Bertz CT molecular complexity index is 4680. The van der Waals surface area contributed by atoms with Crippen LogP contribution in [0.4, 0.5) is 0 Å². The third-order valence-electron chi connectivity index (χ3n) is 19.4. The summed E-state index contributed by atoms with van der Waals surface area (Å²) in [4.78, 5) is 120. The minimum atomic E-state index is -2.30. The zero-order chi connectivity index (χ0) is 76.4. The topological polar surface area (TPSA) is 486 Å². The number of hydrogen-bond donors (Lipinski definition) is 18. The molecule has 6 aliphatic heterocycles. The van der Waals surface area contributed by atoms with E-state index in [1.807, 2.05) is 0 Å². The Kier molecular flexibility index (Phi) is 22.5. The average Bonchev–Trinajstić information content (AvgIpc) is 0.767. The second-order valence-corrected chi connectivity index (χ2v) is 27.7.